The van der Waals surface area contributed by atoms with E-state index in [0.29, 0.717) is 11.5 Å². The van der Waals surface area contributed by atoms with Gasteiger partial charge in [-0.05, 0) is 31.2 Å². The number of hydrogen-bond donors (Lipinski definition) is 1. The quantitative estimate of drug-likeness (QED) is 0.847. The molecule has 16 heavy (non-hydrogen) atoms. The van der Waals surface area contributed by atoms with E-state index in [4.69, 9.17) is 0 Å². The molecule has 1 fully saturated rings. The second-order valence-corrected chi connectivity index (χ2v) is 5.61. The Balaban J connectivity index is 2.12. The van der Waals surface area contributed by atoms with E-state index in [1.54, 1.807) is 0 Å². The summed E-state index contributed by atoms with van der Waals surface area (Å²) in [4.78, 5) is 4.31. The summed E-state index contributed by atoms with van der Waals surface area (Å²) in [6, 6.07) is 0.523. The molecule has 2 heterocycles. The van der Waals surface area contributed by atoms with Crippen molar-refractivity contribution in [1.82, 2.24) is 14.9 Å². The smallest absolute Gasteiger partial charge is 0.0948 e. The molecule has 0 saturated carbocycles. The van der Waals surface area contributed by atoms with Crippen molar-refractivity contribution in [3.8, 4) is 0 Å². The number of imidazole rings is 1. The lowest BCUT2D eigenvalue weighted by molar-refractivity contribution is 0.287. The zero-order valence-corrected chi connectivity index (χ0v) is 10.7. The summed E-state index contributed by atoms with van der Waals surface area (Å²) in [5.74, 6) is 0. The molecule has 0 unspecified atom stereocenters. The second kappa shape index (κ2) is 4.58. The Bertz CT molecular complexity index is 335. The van der Waals surface area contributed by atoms with E-state index in [1.165, 1.54) is 25.0 Å². The van der Waals surface area contributed by atoms with Crippen LogP contribution in [0.1, 0.15) is 51.8 Å². The van der Waals surface area contributed by atoms with E-state index in [-0.39, 0.29) is 0 Å². The molecule has 0 aromatic carbocycles. The van der Waals surface area contributed by atoms with Crippen LogP contribution in [0.3, 0.4) is 0 Å². The Hall–Kier alpha value is -0.830. The third kappa shape index (κ3) is 2.46. The van der Waals surface area contributed by atoms with Gasteiger partial charge < -0.3 is 9.88 Å². The lowest BCUT2D eigenvalue weighted by atomic mass is 9.90. The summed E-state index contributed by atoms with van der Waals surface area (Å²) in [6.07, 6.45) is 7.73. The molecule has 0 radical (unpaired) electrons. The fraction of sp³-hybridized carbons (Fsp3) is 0.769. The van der Waals surface area contributed by atoms with Crippen molar-refractivity contribution in [2.24, 2.45) is 5.41 Å². The van der Waals surface area contributed by atoms with Crippen LogP contribution in [0.15, 0.2) is 12.5 Å². The van der Waals surface area contributed by atoms with Gasteiger partial charge in [0.2, 0.25) is 0 Å². The van der Waals surface area contributed by atoms with Crippen LogP contribution in [0.5, 0.6) is 0 Å². The predicted octanol–water partition coefficient (Wildman–Crippen LogP) is 2.74. The van der Waals surface area contributed by atoms with Crippen molar-refractivity contribution in [2.45, 2.75) is 52.6 Å². The van der Waals surface area contributed by atoms with Crippen LogP contribution in [0, 0.1) is 5.41 Å². The number of nitrogens with one attached hydrogen (secondary N) is 1. The average molecular weight is 221 g/mol. The summed E-state index contributed by atoms with van der Waals surface area (Å²) in [5, 5.41) is 3.54. The molecule has 3 heteroatoms. The molecule has 0 aliphatic carbocycles. The van der Waals surface area contributed by atoms with Crippen LogP contribution in [0.4, 0.5) is 0 Å². The lowest BCUT2D eigenvalue weighted by Gasteiger charge is -2.25. The first kappa shape index (κ1) is 11.6. The summed E-state index contributed by atoms with van der Waals surface area (Å²) in [6.45, 7) is 9.10. The molecular weight excluding hydrogens is 198 g/mol. The van der Waals surface area contributed by atoms with Crippen LogP contribution in [-0.2, 0) is 6.54 Å². The van der Waals surface area contributed by atoms with Gasteiger partial charge in [0.25, 0.3) is 0 Å². The molecular formula is C13H23N3. The Morgan fingerprint density at radius 1 is 1.56 bits per heavy atom. The van der Waals surface area contributed by atoms with Crippen molar-refractivity contribution < 1.29 is 0 Å². The van der Waals surface area contributed by atoms with Crippen molar-refractivity contribution in [3.63, 3.8) is 0 Å². The number of hydrogen-bond acceptors (Lipinski definition) is 2. The monoisotopic (exact) mass is 221 g/mol. The van der Waals surface area contributed by atoms with E-state index in [0.717, 1.165) is 13.1 Å². The largest absolute Gasteiger partial charge is 0.333 e. The zero-order chi connectivity index (χ0) is 11.6. The maximum Gasteiger partial charge on any atom is 0.0948 e. The molecule has 0 spiro atoms. The topological polar surface area (TPSA) is 29.9 Å². The van der Waals surface area contributed by atoms with Crippen molar-refractivity contribution >= 4 is 0 Å². The van der Waals surface area contributed by atoms with Crippen LogP contribution >= 0.6 is 0 Å². The van der Waals surface area contributed by atoms with Gasteiger partial charge in [-0.1, -0.05) is 20.8 Å². The van der Waals surface area contributed by atoms with Gasteiger partial charge >= 0.3 is 0 Å². The minimum Gasteiger partial charge on any atom is -0.333 e. The summed E-state index contributed by atoms with van der Waals surface area (Å²) in [5.41, 5.74) is 1.72. The number of rotatable bonds is 4. The third-order valence-electron chi connectivity index (χ3n) is 3.72. The molecule has 2 rings (SSSR count). The maximum absolute atomic E-state index is 4.31. The molecule has 1 aromatic heterocycles. The molecule has 1 atom stereocenters. The highest BCUT2D eigenvalue weighted by Crippen LogP contribution is 2.27. The lowest BCUT2D eigenvalue weighted by Crippen LogP contribution is -2.23. The van der Waals surface area contributed by atoms with E-state index < -0.39 is 0 Å². The van der Waals surface area contributed by atoms with Crippen LogP contribution in [0.25, 0.3) is 0 Å². The minimum atomic E-state index is 0.355. The minimum absolute atomic E-state index is 0.355. The van der Waals surface area contributed by atoms with Gasteiger partial charge in [-0.2, -0.15) is 0 Å². The Kier molecular flexibility index (Phi) is 3.33. The Morgan fingerprint density at radius 2 is 2.38 bits per heavy atom. The van der Waals surface area contributed by atoms with Gasteiger partial charge in [0.05, 0.1) is 12.0 Å². The maximum atomic E-state index is 4.31. The Labute approximate surface area is 98.3 Å². The van der Waals surface area contributed by atoms with E-state index >= 15 is 0 Å². The molecule has 0 bridgehead atoms. The van der Waals surface area contributed by atoms with Gasteiger partial charge in [-0.25, -0.2) is 4.98 Å². The standard InChI is InChI=1S/C13H23N3/c1-4-13(2,3)9-16-10-14-8-12(16)11-6-5-7-15-11/h8,10-11,15H,4-7,9H2,1-3H3/t11-/m0/s1. The summed E-state index contributed by atoms with van der Waals surface area (Å²) >= 11 is 0. The predicted molar refractivity (Wildman–Crippen MR) is 66.3 cm³/mol. The van der Waals surface area contributed by atoms with Crippen molar-refractivity contribution in [1.29, 1.82) is 0 Å². The molecule has 1 aliphatic heterocycles. The number of nitrogens with zero attached hydrogens (tertiary/aromatic N) is 2. The van der Waals surface area contributed by atoms with E-state index in [2.05, 4.69) is 35.6 Å². The third-order valence-corrected chi connectivity index (χ3v) is 3.72. The molecule has 1 N–H and O–H groups in total. The van der Waals surface area contributed by atoms with Gasteiger partial charge in [-0.15, -0.1) is 0 Å². The second-order valence-electron chi connectivity index (χ2n) is 5.61. The van der Waals surface area contributed by atoms with Crippen molar-refractivity contribution in [3.05, 3.63) is 18.2 Å². The Morgan fingerprint density at radius 3 is 3.00 bits per heavy atom. The molecule has 1 saturated heterocycles. The molecule has 90 valence electrons. The first-order valence-electron chi connectivity index (χ1n) is 6.36. The van der Waals surface area contributed by atoms with Crippen molar-refractivity contribution in [2.75, 3.05) is 6.54 Å². The van der Waals surface area contributed by atoms with Crippen LogP contribution < -0.4 is 5.32 Å². The highest BCUT2D eigenvalue weighted by molar-refractivity contribution is 5.07. The molecule has 3 nitrogen and oxygen atoms in total. The normalized spacial score (nSPS) is 21.6. The highest BCUT2D eigenvalue weighted by Gasteiger charge is 2.23. The SMILES string of the molecule is CCC(C)(C)Cn1cncc1[C@@H]1CCCN1. The molecule has 0 amide bonds. The summed E-state index contributed by atoms with van der Waals surface area (Å²) in [7, 11) is 0. The number of aromatic nitrogens is 2. The van der Waals surface area contributed by atoms with E-state index in [9.17, 15) is 0 Å². The van der Waals surface area contributed by atoms with Gasteiger partial charge in [0, 0.05) is 18.8 Å². The molecule has 1 aliphatic rings. The average Bonchev–Trinajstić information content (AvgIpc) is 2.86. The molecule has 1 aromatic rings. The fourth-order valence-electron chi connectivity index (χ4n) is 2.26. The summed E-state index contributed by atoms with van der Waals surface area (Å²) < 4.78 is 2.33. The van der Waals surface area contributed by atoms with Crippen LogP contribution in [-0.4, -0.2) is 16.1 Å². The van der Waals surface area contributed by atoms with Gasteiger partial charge in [-0.3, -0.25) is 0 Å². The van der Waals surface area contributed by atoms with E-state index in [1.807, 2.05) is 12.5 Å². The zero-order valence-electron chi connectivity index (χ0n) is 10.7. The first-order chi connectivity index (χ1) is 7.62. The fourth-order valence-corrected chi connectivity index (χ4v) is 2.26. The van der Waals surface area contributed by atoms with Crippen LogP contribution in [0.2, 0.25) is 0 Å². The first-order valence-corrected chi connectivity index (χ1v) is 6.36. The van der Waals surface area contributed by atoms with Gasteiger partial charge in [0.15, 0.2) is 0 Å². The highest BCUT2D eigenvalue weighted by atomic mass is 15.1. The van der Waals surface area contributed by atoms with Gasteiger partial charge in [0.1, 0.15) is 0 Å².